The molecule has 1 saturated heterocycles. The van der Waals surface area contributed by atoms with E-state index in [1.807, 2.05) is 0 Å². The van der Waals surface area contributed by atoms with Gasteiger partial charge in [0.2, 0.25) is 5.91 Å². The number of hydrogen-bond donors (Lipinski definition) is 1. The molecule has 1 N–H and O–H groups in total. The Bertz CT molecular complexity index is 938. The molecule has 0 unspecified atom stereocenters. The van der Waals surface area contributed by atoms with E-state index >= 15 is 0 Å². The van der Waals surface area contributed by atoms with Gasteiger partial charge in [0.15, 0.2) is 0 Å². The van der Waals surface area contributed by atoms with Crippen LogP contribution in [0.25, 0.3) is 0 Å². The zero-order chi connectivity index (χ0) is 21.0. The van der Waals surface area contributed by atoms with Gasteiger partial charge >= 0.3 is 17.8 Å². The SMILES string of the molecule is COc1cc(NC(=O)CN2C(=O)C(=O)N(Cc3ccccc3)C2=O)cc(OC)c1. The van der Waals surface area contributed by atoms with Crippen molar-refractivity contribution in [3.05, 3.63) is 54.1 Å². The molecule has 3 rings (SSSR count). The Morgan fingerprint density at radius 3 is 2.07 bits per heavy atom. The van der Waals surface area contributed by atoms with E-state index in [9.17, 15) is 19.2 Å². The largest absolute Gasteiger partial charge is 0.497 e. The number of nitrogens with one attached hydrogen (secondary N) is 1. The van der Waals surface area contributed by atoms with Crippen molar-refractivity contribution in [1.82, 2.24) is 9.80 Å². The Balaban J connectivity index is 1.69. The summed E-state index contributed by atoms with van der Waals surface area (Å²) >= 11 is 0. The number of benzene rings is 2. The van der Waals surface area contributed by atoms with Crippen LogP contribution in [0.15, 0.2) is 48.5 Å². The van der Waals surface area contributed by atoms with Gasteiger partial charge in [-0.2, -0.15) is 0 Å². The van der Waals surface area contributed by atoms with Gasteiger partial charge in [-0.25, -0.2) is 9.69 Å². The number of amides is 5. The molecular formula is C20H19N3O6. The van der Waals surface area contributed by atoms with Crippen molar-refractivity contribution in [3.63, 3.8) is 0 Å². The second-order valence-corrected chi connectivity index (χ2v) is 6.20. The van der Waals surface area contributed by atoms with Crippen LogP contribution < -0.4 is 14.8 Å². The molecule has 0 saturated carbocycles. The minimum atomic E-state index is -1.04. The normalized spacial score (nSPS) is 13.7. The molecule has 9 heteroatoms. The molecule has 0 radical (unpaired) electrons. The second kappa shape index (κ2) is 8.42. The molecule has 0 aliphatic carbocycles. The first kappa shape index (κ1) is 19.9. The van der Waals surface area contributed by atoms with Crippen LogP contribution in [0.1, 0.15) is 5.56 Å². The van der Waals surface area contributed by atoms with Gasteiger partial charge in [-0.1, -0.05) is 30.3 Å². The molecule has 1 heterocycles. The van der Waals surface area contributed by atoms with Crippen molar-refractivity contribution in [2.45, 2.75) is 6.54 Å². The van der Waals surface area contributed by atoms with Gasteiger partial charge in [-0.05, 0) is 5.56 Å². The highest BCUT2D eigenvalue weighted by Crippen LogP contribution is 2.26. The van der Waals surface area contributed by atoms with Crippen LogP contribution >= 0.6 is 0 Å². The highest BCUT2D eigenvalue weighted by atomic mass is 16.5. The van der Waals surface area contributed by atoms with Crippen molar-refractivity contribution in [1.29, 1.82) is 0 Å². The molecular weight excluding hydrogens is 378 g/mol. The van der Waals surface area contributed by atoms with E-state index in [1.54, 1.807) is 48.5 Å². The molecule has 0 bridgehead atoms. The van der Waals surface area contributed by atoms with Crippen LogP contribution in [0.4, 0.5) is 10.5 Å². The number of anilines is 1. The van der Waals surface area contributed by atoms with Gasteiger partial charge < -0.3 is 14.8 Å². The van der Waals surface area contributed by atoms with Gasteiger partial charge in [0, 0.05) is 23.9 Å². The van der Waals surface area contributed by atoms with Gasteiger partial charge in [-0.3, -0.25) is 19.3 Å². The Kier molecular flexibility index (Phi) is 5.77. The van der Waals surface area contributed by atoms with Gasteiger partial charge in [-0.15, -0.1) is 0 Å². The van der Waals surface area contributed by atoms with Crippen molar-refractivity contribution >= 4 is 29.4 Å². The average molecular weight is 397 g/mol. The maximum Gasteiger partial charge on any atom is 0.335 e. The molecule has 2 aromatic carbocycles. The third-order valence-corrected chi connectivity index (χ3v) is 4.26. The summed E-state index contributed by atoms with van der Waals surface area (Å²) in [6.07, 6.45) is 0. The van der Waals surface area contributed by atoms with Crippen LogP contribution in [0.5, 0.6) is 11.5 Å². The fourth-order valence-corrected chi connectivity index (χ4v) is 2.82. The zero-order valence-electron chi connectivity index (χ0n) is 15.9. The van der Waals surface area contributed by atoms with E-state index in [2.05, 4.69) is 5.32 Å². The molecule has 0 aromatic heterocycles. The summed E-state index contributed by atoms with van der Waals surface area (Å²) in [5.41, 5.74) is 1.05. The number of carbonyl (C=O) groups is 4. The minimum absolute atomic E-state index is 0.0462. The minimum Gasteiger partial charge on any atom is -0.497 e. The van der Waals surface area contributed by atoms with E-state index in [-0.39, 0.29) is 6.54 Å². The average Bonchev–Trinajstić information content (AvgIpc) is 2.92. The van der Waals surface area contributed by atoms with Crippen molar-refractivity contribution in [3.8, 4) is 11.5 Å². The quantitative estimate of drug-likeness (QED) is 0.562. The molecule has 0 spiro atoms. The number of nitrogens with zero attached hydrogens (tertiary/aromatic N) is 2. The Labute approximate surface area is 166 Å². The first-order valence-electron chi connectivity index (χ1n) is 8.67. The number of ether oxygens (including phenoxy) is 2. The number of methoxy groups -OCH3 is 2. The number of rotatable bonds is 7. The van der Waals surface area contributed by atoms with E-state index in [4.69, 9.17) is 9.47 Å². The van der Waals surface area contributed by atoms with E-state index in [1.165, 1.54) is 14.2 Å². The Morgan fingerprint density at radius 2 is 1.48 bits per heavy atom. The maximum absolute atomic E-state index is 12.5. The van der Waals surface area contributed by atoms with Crippen LogP contribution in [-0.4, -0.2) is 54.3 Å². The fourth-order valence-electron chi connectivity index (χ4n) is 2.82. The standard InChI is InChI=1S/C20H19N3O6/c1-28-15-8-14(9-16(10-15)29-2)21-17(24)12-23-19(26)18(25)22(20(23)27)11-13-6-4-3-5-7-13/h3-10H,11-12H2,1-2H3,(H,21,24). The van der Waals surface area contributed by atoms with Crippen LogP contribution in [0.2, 0.25) is 0 Å². The number of imide groups is 2. The van der Waals surface area contributed by atoms with Crippen molar-refractivity contribution in [2.24, 2.45) is 0 Å². The van der Waals surface area contributed by atoms with Crippen LogP contribution in [0.3, 0.4) is 0 Å². The predicted octanol–water partition coefficient (Wildman–Crippen LogP) is 1.63. The highest BCUT2D eigenvalue weighted by molar-refractivity contribution is 6.45. The van der Waals surface area contributed by atoms with Gasteiger partial charge in [0.1, 0.15) is 18.0 Å². The van der Waals surface area contributed by atoms with Crippen LogP contribution in [-0.2, 0) is 20.9 Å². The third kappa shape index (κ3) is 4.34. The second-order valence-electron chi connectivity index (χ2n) is 6.20. The summed E-state index contributed by atoms with van der Waals surface area (Å²) in [6.45, 7) is -0.635. The molecule has 5 amide bonds. The highest BCUT2D eigenvalue weighted by Gasteiger charge is 2.45. The molecule has 150 valence electrons. The number of carbonyl (C=O) groups excluding carboxylic acids is 4. The molecule has 1 fully saturated rings. The lowest BCUT2D eigenvalue weighted by Gasteiger charge is -2.16. The summed E-state index contributed by atoms with van der Waals surface area (Å²) in [5, 5.41) is 2.56. The van der Waals surface area contributed by atoms with Crippen molar-refractivity contribution in [2.75, 3.05) is 26.1 Å². The molecule has 29 heavy (non-hydrogen) atoms. The van der Waals surface area contributed by atoms with E-state index < -0.39 is 30.3 Å². The Morgan fingerprint density at radius 1 is 0.897 bits per heavy atom. The number of hydrogen-bond acceptors (Lipinski definition) is 6. The molecule has 2 aromatic rings. The van der Waals surface area contributed by atoms with Crippen molar-refractivity contribution < 1.29 is 28.7 Å². The maximum atomic E-state index is 12.5. The molecule has 9 nitrogen and oxygen atoms in total. The predicted molar refractivity (Wildman–Crippen MR) is 102 cm³/mol. The summed E-state index contributed by atoms with van der Waals surface area (Å²) in [4.78, 5) is 50.7. The molecule has 1 aliphatic rings. The fraction of sp³-hybridized carbons (Fsp3) is 0.200. The summed E-state index contributed by atoms with van der Waals surface area (Å²) < 4.78 is 10.3. The number of urea groups is 1. The Hall–Kier alpha value is -3.88. The topological polar surface area (TPSA) is 105 Å². The van der Waals surface area contributed by atoms with E-state index in [0.717, 1.165) is 4.90 Å². The summed E-state index contributed by atoms with van der Waals surface area (Å²) in [7, 11) is 2.93. The van der Waals surface area contributed by atoms with Gasteiger partial charge in [0.05, 0.1) is 20.8 Å². The lowest BCUT2D eigenvalue weighted by atomic mass is 10.2. The first-order chi connectivity index (χ1) is 13.9. The zero-order valence-corrected chi connectivity index (χ0v) is 15.9. The lowest BCUT2D eigenvalue weighted by Crippen LogP contribution is -2.38. The summed E-state index contributed by atoms with van der Waals surface area (Å²) in [5.74, 6) is -1.73. The first-order valence-corrected chi connectivity index (χ1v) is 8.67. The molecule has 1 aliphatic heterocycles. The lowest BCUT2D eigenvalue weighted by molar-refractivity contribution is -0.143. The molecule has 0 atom stereocenters. The summed E-state index contributed by atoms with van der Waals surface area (Å²) in [6, 6.07) is 12.7. The smallest absolute Gasteiger partial charge is 0.335 e. The van der Waals surface area contributed by atoms with E-state index in [0.29, 0.717) is 27.6 Å². The third-order valence-electron chi connectivity index (χ3n) is 4.26. The van der Waals surface area contributed by atoms with Crippen LogP contribution in [0, 0.1) is 0 Å². The monoisotopic (exact) mass is 397 g/mol. The van der Waals surface area contributed by atoms with Gasteiger partial charge in [0.25, 0.3) is 0 Å².